The van der Waals surface area contributed by atoms with E-state index in [2.05, 4.69) is 17.1 Å². The van der Waals surface area contributed by atoms with Crippen molar-refractivity contribution in [3.8, 4) is 10.6 Å². The first-order valence-electron chi connectivity index (χ1n) is 9.50. The highest BCUT2D eigenvalue weighted by molar-refractivity contribution is 7.21. The van der Waals surface area contributed by atoms with E-state index in [0.717, 1.165) is 35.1 Å². The molecule has 0 N–H and O–H groups in total. The van der Waals surface area contributed by atoms with Crippen LogP contribution >= 0.6 is 11.3 Å². The third kappa shape index (κ3) is 3.27. The van der Waals surface area contributed by atoms with Crippen LogP contribution in [0.2, 0.25) is 0 Å². The molecule has 5 nitrogen and oxygen atoms in total. The second-order valence-corrected chi connectivity index (χ2v) is 8.31. The van der Waals surface area contributed by atoms with Crippen molar-refractivity contribution in [2.24, 2.45) is 0 Å². The van der Waals surface area contributed by atoms with Crippen LogP contribution in [0.4, 0.5) is 4.39 Å². The normalized spacial score (nSPS) is 15.0. The SMILES string of the molecule is O=[N+]([O-])/C=C/c1ccc(-c2nc3ccc(C4(c5ccccc5)CC4)nc3s2)c(F)c1. The second kappa shape index (κ2) is 7.11. The minimum atomic E-state index is -0.579. The van der Waals surface area contributed by atoms with Gasteiger partial charge >= 0.3 is 0 Å². The number of nitrogens with zero attached hydrogens (tertiary/aromatic N) is 3. The van der Waals surface area contributed by atoms with E-state index in [-0.39, 0.29) is 5.41 Å². The molecule has 148 valence electrons. The molecule has 0 bridgehead atoms. The van der Waals surface area contributed by atoms with Gasteiger partial charge < -0.3 is 0 Å². The van der Waals surface area contributed by atoms with Gasteiger partial charge in [-0.15, -0.1) is 0 Å². The molecule has 1 fully saturated rings. The van der Waals surface area contributed by atoms with E-state index in [4.69, 9.17) is 4.98 Å². The Kier molecular flexibility index (Phi) is 4.40. The maximum Gasteiger partial charge on any atom is 0.235 e. The molecule has 0 atom stereocenters. The maximum absolute atomic E-state index is 14.6. The van der Waals surface area contributed by atoms with Crippen LogP contribution < -0.4 is 0 Å². The van der Waals surface area contributed by atoms with E-state index < -0.39 is 10.7 Å². The highest BCUT2D eigenvalue weighted by Gasteiger charge is 2.47. The zero-order chi connectivity index (χ0) is 20.7. The van der Waals surface area contributed by atoms with Crippen LogP contribution in [-0.4, -0.2) is 14.9 Å². The molecule has 2 aromatic heterocycles. The molecule has 1 saturated carbocycles. The topological polar surface area (TPSA) is 68.9 Å². The molecular formula is C23H16FN3O2S. The van der Waals surface area contributed by atoms with E-state index in [0.29, 0.717) is 16.1 Å². The summed E-state index contributed by atoms with van der Waals surface area (Å²) in [5, 5.41) is 11.0. The summed E-state index contributed by atoms with van der Waals surface area (Å²) in [6.45, 7) is 0. The Labute approximate surface area is 175 Å². The van der Waals surface area contributed by atoms with Crippen molar-refractivity contribution in [2.45, 2.75) is 18.3 Å². The molecule has 5 rings (SSSR count). The average Bonchev–Trinajstić information content (AvgIpc) is 3.46. The fraction of sp³-hybridized carbons (Fsp3) is 0.130. The molecule has 0 spiro atoms. The van der Waals surface area contributed by atoms with Crippen molar-refractivity contribution in [3.05, 3.63) is 99.6 Å². The summed E-state index contributed by atoms with van der Waals surface area (Å²) < 4.78 is 14.6. The lowest BCUT2D eigenvalue weighted by atomic mass is 9.92. The predicted octanol–water partition coefficient (Wildman–Crippen LogP) is 5.82. The van der Waals surface area contributed by atoms with Gasteiger partial charge in [0.1, 0.15) is 21.2 Å². The van der Waals surface area contributed by atoms with E-state index in [1.54, 1.807) is 12.1 Å². The smallest absolute Gasteiger partial charge is 0.235 e. The van der Waals surface area contributed by atoms with Gasteiger partial charge in [0.25, 0.3) is 0 Å². The van der Waals surface area contributed by atoms with Gasteiger partial charge in [-0.05, 0) is 48.2 Å². The van der Waals surface area contributed by atoms with Crippen molar-refractivity contribution in [1.82, 2.24) is 9.97 Å². The zero-order valence-corrected chi connectivity index (χ0v) is 16.6. The number of hydrogen-bond donors (Lipinski definition) is 0. The van der Waals surface area contributed by atoms with Crippen molar-refractivity contribution in [2.75, 3.05) is 0 Å². The van der Waals surface area contributed by atoms with E-state index in [1.165, 1.54) is 29.0 Å². The number of halogens is 1. The Balaban J connectivity index is 1.50. The Morgan fingerprint density at radius 1 is 1.07 bits per heavy atom. The van der Waals surface area contributed by atoms with E-state index in [9.17, 15) is 14.5 Å². The Hall–Kier alpha value is -3.45. The van der Waals surface area contributed by atoms with Crippen molar-refractivity contribution >= 4 is 27.8 Å². The first-order chi connectivity index (χ1) is 14.5. The Morgan fingerprint density at radius 2 is 1.87 bits per heavy atom. The summed E-state index contributed by atoms with van der Waals surface area (Å²) in [5.41, 5.74) is 3.79. The minimum Gasteiger partial charge on any atom is -0.259 e. The highest BCUT2D eigenvalue weighted by atomic mass is 32.1. The van der Waals surface area contributed by atoms with Crippen LogP contribution in [0.3, 0.4) is 0 Å². The third-order valence-electron chi connectivity index (χ3n) is 5.43. The lowest BCUT2D eigenvalue weighted by Crippen LogP contribution is -2.10. The fourth-order valence-electron chi connectivity index (χ4n) is 3.73. The monoisotopic (exact) mass is 417 g/mol. The molecule has 0 radical (unpaired) electrons. The molecule has 1 aliphatic carbocycles. The Bertz CT molecular complexity index is 1300. The van der Waals surface area contributed by atoms with Gasteiger partial charge in [0.2, 0.25) is 6.20 Å². The molecule has 0 saturated heterocycles. The van der Waals surface area contributed by atoms with Crippen LogP contribution in [0.1, 0.15) is 29.7 Å². The van der Waals surface area contributed by atoms with Gasteiger partial charge in [-0.25, -0.2) is 14.4 Å². The molecule has 2 heterocycles. The minimum absolute atomic E-state index is 0.0319. The number of aromatic nitrogens is 2. The van der Waals surface area contributed by atoms with Gasteiger partial charge in [0.05, 0.1) is 10.6 Å². The molecule has 30 heavy (non-hydrogen) atoms. The number of pyridine rings is 1. The maximum atomic E-state index is 14.6. The number of rotatable bonds is 5. The molecule has 1 aliphatic rings. The van der Waals surface area contributed by atoms with E-state index >= 15 is 0 Å². The van der Waals surface area contributed by atoms with Crippen LogP contribution in [-0.2, 0) is 5.41 Å². The first kappa shape index (κ1) is 18.6. The lowest BCUT2D eigenvalue weighted by molar-refractivity contribution is -0.400. The van der Waals surface area contributed by atoms with Crippen molar-refractivity contribution < 1.29 is 9.31 Å². The van der Waals surface area contributed by atoms with Gasteiger partial charge in [-0.3, -0.25) is 10.1 Å². The zero-order valence-electron chi connectivity index (χ0n) is 15.8. The van der Waals surface area contributed by atoms with Gasteiger partial charge in [0.15, 0.2) is 0 Å². The summed E-state index contributed by atoms with van der Waals surface area (Å²) in [6.07, 6.45) is 4.18. The summed E-state index contributed by atoms with van der Waals surface area (Å²) in [5.74, 6) is -0.470. The van der Waals surface area contributed by atoms with Gasteiger partial charge in [-0.2, -0.15) is 0 Å². The van der Waals surface area contributed by atoms with E-state index in [1.807, 2.05) is 30.3 Å². The van der Waals surface area contributed by atoms with Gasteiger partial charge in [0, 0.05) is 17.1 Å². The summed E-state index contributed by atoms with van der Waals surface area (Å²) in [4.78, 5) is 20.1. The molecule has 2 aromatic carbocycles. The number of nitro groups is 1. The molecule has 0 unspecified atom stereocenters. The number of benzene rings is 2. The van der Waals surface area contributed by atoms with Crippen molar-refractivity contribution in [1.29, 1.82) is 0 Å². The first-order valence-corrected chi connectivity index (χ1v) is 10.3. The van der Waals surface area contributed by atoms with Crippen LogP contribution in [0.25, 0.3) is 27.0 Å². The molecule has 4 aromatic rings. The Morgan fingerprint density at radius 3 is 2.57 bits per heavy atom. The average molecular weight is 417 g/mol. The quantitative estimate of drug-likeness (QED) is 0.303. The molecule has 7 heteroatoms. The van der Waals surface area contributed by atoms with Gasteiger partial charge in [-0.1, -0.05) is 47.7 Å². The molecule has 0 aliphatic heterocycles. The van der Waals surface area contributed by atoms with Crippen molar-refractivity contribution in [3.63, 3.8) is 0 Å². The summed E-state index contributed by atoms with van der Waals surface area (Å²) in [6, 6.07) is 18.9. The highest BCUT2D eigenvalue weighted by Crippen LogP contribution is 2.53. The largest absolute Gasteiger partial charge is 0.259 e. The predicted molar refractivity (Wildman–Crippen MR) is 115 cm³/mol. The fourth-order valence-corrected chi connectivity index (χ4v) is 4.69. The standard InChI is InChI=1S/C23H16FN3O2S/c24-18-14-15(10-13-27(28)29)6-7-17(18)21-25-19-8-9-20(26-22(19)30-21)23(11-12-23)16-4-2-1-3-5-16/h1-10,13-14H,11-12H2/b13-10+. The number of fused-ring (bicyclic) bond motifs is 1. The number of thiazole rings is 1. The summed E-state index contributed by atoms with van der Waals surface area (Å²) >= 11 is 1.35. The summed E-state index contributed by atoms with van der Waals surface area (Å²) in [7, 11) is 0. The molecule has 0 amide bonds. The second-order valence-electron chi connectivity index (χ2n) is 7.33. The third-order valence-corrected chi connectivity index (χ3v) is 6.43. The lowest BCUT2D eigenvalue weighted by Gasteiger charge is -2.14. The van der Waals surface area contributed by atoms with Crippen LogP contribution in [0.15, 0.2) is 66.9 Å². The van der Waals surface area contributed by atoms with Crippen LogP contribution in [0, 0.1) is 15.9 Å². The van der Waals surface area contributed by atoms with Crippen LogP contribution in [0.5, 0.6) is 0 Å². The number of hydrogen-bond acceptors (Lipinski definition) is 5. The molecular weight excluding hydrogens is 401 g/mol.